The molecule has 0 spiro atoms. The summed E-state index contributed by atoms with van der Waals surface area (Å²) in [5, 5.41) is 7.48. The largest absolute Gasteiger partial charge is 0.478 e. The molecule has 1 aromatic heterocycles. The van der Waals surface area contributed by atoms with Gasteiger partial charge >= 0.3 is 5.97 Å². The zero-order valence-electron chi connectivity index (χ0n) is 12.6. The van der Waals surface area contributed by atoms with Crippen molar-refractivity contribution in [3.63, 3.8) is 0 Å². The first-order chi connectivity index (χ1) is 11.2. The van der Waals surface area contributed by atoms with Crippen LogP contribution in [0.5, 0.6) is 5.75 Å². The lowest BCUT2D eigenvalue weighted by atomic mass is 10.1. The number of hydrogen-bond acceptors (Lipinski definition) is 6. The maximum Gasteiger partial charge on any atom is 0.309 e. The van der Waals surface area contributed by atoms with Gasteiger partial charge in [-0.2, -0.15) is 0 Å². The smallest absolute Gasteiger partial charge is 0.309 e. The molecule has 1 aliphatic rings. The van der Waals surface area contributed by atoms with Crippen LogP contribution in [0, 0.1) is 0 Å². The van der Waals surface area contributed by atoms with Crippen LogP contribution in [-0.4, -0.2) is 46.4 Å². The molecule has 1 unspecified atom stereocenters. The second-order valence-electron chi connectivity index (χ2n) is 5.04. The van der Waals surface area contributed by atoms with Crippen LogP contribution in [0.15, 0.2) is 36.9 Å². The summed E-state index contributed by atoms with van der Waals surface area (Å²) in [5.74, 6) is -0.173. The van der Waals surface area contributed by atoms with Crippen molar-refractivity contribution in [3.05, 3.63) is 36.9 Å². The highest BCUT2D eigenvalue weighted by atomic mass is 16.5. The molecular formula is C15H16N4O4. The number of hydrogen-bond donors (Lipinski definition) is 0. The van der Waals surface area contributed by atoms with Crippen molar-refractivity contribution in [1.82, 2.24) is 14.8 Å². The van der Waals surface area contributed by atoms with Crippen LogP contribution in [-0.2, 0) is 20.9 Å². The lowest BCUT2D eigenvalue weighted by Gasteiger charge is -2.34. The fourth-order valence-corrected chi connectivity index (χ4v) is 2.42. The molecule has 0 saturated carbocycles. The van der Waals surface area contributed by atoms with Crippen molar-refractivity contribution >= 4 is 17.6 Å². The molecule has 0 N–H and O–H groups in total. The van der Waals surface area contributed by atoms with Gasteiger partial charge in [0.25, 0.3) is 5.91 Å². The molecular weight excluding hydrogens is 300 g/mol. The minimum atomic E-state index is -0.877. The van der Waals surface area contributed by atoms with E-state index in [0.717, 1.165) is 0 Å². The molecule has 3 rings (SSSR count). The Labute approximate surface area is 132 Å². The monoisotopic (exact) mass is 316 g/mol. The number of amides is 1. The van der Waals surface area contributed by atoms with Crippen LogP contribution in [0.1, 0.15) is 6.42 Å². The normalized spacial score (nSPS) is 16.7. The Hall–Kier alpha value is -2.90. The number of esters is 1. The van der Waals surface area contributed by atoms with E-state index in [2.05, 4.69) is 14.9 Å². The van der Waals surface area contributed by atoms with Gasteiger partial charge in [-0.25, -0.2) is 0 Å². The maximum atomic E-state index is 12.7. The van der Waals surface area contributed by atoms with Crippen molar-refractivity contribution in [2.75, 3.05) is 18.6 Å². The van der Waals surface area contributed by atoms with Crippen molar-refractivity contribution in [2.24, 2.45) is 0 Å². The molecule has 8 heteroatoms. The summed E-state index contributed by atoms with van der Waals surface area (Å²) in [6, 6.07) is 7.25. The molecule has 0 fully saturated rings. The van der Waals surface area contributed by atoms with Crippen molar-refractivity contribution in [2.45, 2.75) is 19.1 Å². The molecule has 1 aromatic carbocycles. The van der Waals surface area contributed by atoms with Gasteiger partial charge in [0, 0.05) is 13.1 Å². The lowest BCUT2D eigenvalue weighted by molar-refractivity contribution is -0.145. The number of nitrogens with zero attached hydrogens (tertiary/aromatic N) is 4. The third-order valence-corrected chi connectivity index (χ3v) is 3.59. The molecule has 2 aromatic rings. The van der Waals surface area contributed by atoms with E-state index >= 15 is 0 Å². The molecule has 23 heavy (non-hydrogen) atoms. The van der Waals surface area contributed by atoms with E-state index in [1.807, 2.05) is 18.2 Å². The summed E-state index contributed by atoms with van der Waals surface area (Å²) in [6.45, 7) is 0.965. The predicted molar refractivity (Wildman–Crippen MR) is 79.9 cm³/mol. The number of aromatic nitrogens is 3. The van der Waals surface area contributed by atoms with Crippen LogP contribution >= 0.6 is 0 Å². The van der Waals surface area contributed by atoms with Crippen molar-refractivity contribution in [1.29, 1.82) is 0 Å². The minimum absolute atomic E-state index is 0.118. The molecule has 120 valence electrons. The van der Waals surface area contributed by atoms with Crippen molar-refractivity contribution < 1.29 is 19.1 Å². The van der Waals surface area contributed by atoms with E-state index in [0.29, 0.717) is 24.5 Å². The Bertz CT molecular complexity index is 701. The zero-order chi connectivity index (χ0) is 16.2. The van der Waals surface area contributed by atoms with Crippen LogP contribution in [0.3, 0.4) is 0 Å². The predicted octanol–water partition coefficient (Wildman–Crippen LogP) is 0.635. The Morgan fingerprint density at radius 2 is 2.00 bits per heavy atom. The number of carbonyl (C=O) groups is 2. The van der Waals surface area contributed by atoms with Gasteiger partial charge in [0.2, 0.25) is 0 Å². The standard InChI is InChI=1S/C15H16N4O4/c1-22-14(20)8-13-15(21)19(7-6-18-9-16-17-10-18)11-4-2-3-5-12(11)23-13/h2-5,9-10,13H,6-8H2,1H3. The first kappa shape index (κ1) is 15.0. The summed E-state index contributed by atoms with van der Waals surface area (Å²) in [4.78, 5) is 25.8. The van der Waals surface area contributed by atoms with Gasteiger partial charge in [0.1, 0.15) is 18.4 Å². The average molecular weight is 316 g/mol. The molecule has 0 aliphatic carbocycles. The molecule has 0 bridgehead atoms. The summed E-state index contributed by atoms with van der Waals surface area (Å²) < 4.78 is 12.1. The van der Waals surface area contributed by atoms with Crippen LogP contribution < -0.4 is 9.64 Å². The van der Waals surface area contributed by atoms with Gasteiger partial charge in [0.15, 0.2) is 6.10 Å². The molecule has 2 heterocycles. The van der Waals surface area contributed by atoms with Gasteiger partial charge < -0.3 is 18.9 Å². The Morgan fingerprint density at radius 1 is 1.26 bits per heavy atom. The van der Waals surface area contributed by atoms with Gasteiger partial charge in [-0.3, -0.25) is 9.59 Å². The highest BCUT2D eigenvalue weighted by Gasteiger charge is 2.35. The number of para-hydroxylation sites is 2. The minimum Gasteiger partial charge on any atom is -0.478 e. The molecule has 0 radical (unpaired) electrons. The van der Waals surface area contributed by atoms with E-state index in [9.17, 15) is 9.59 Å². The molecule has 8 nitrogen and oxygen atoms in total. The molecule has 1 amide bonds. The topological polar surface area (TPSA) is 86.6 Å². The quantitative estimate of drug-likeness (QED) is 0.752. The van der Waals surface area contributed by atoms with Crippen molar-refractivity contribution in [3.8, 4) is 5.75 Å². The second-order valence-corrected chi connectivity index (χ2v) is 5.04. The number of rotatable bonds is 5. The van der Waals surface area contributed by atoms with E-state index in [1.54, 1.807) is 28.2 Å². The number of methoxy groups -OCH3 is 1. The van der Waals surface area contributed by atoms with Gasteiger partial charge in [0.05, 0.1) is 19.2 Å². The number of carbonyl (C=O) groups excluding carboxylic acids is 2. The second kappa shape index (κ2) is 6.47. The first-order valence-corrected chi connectivity index (χ1v) is 7.15. The molecule has 1 aliphatic heterocycles. The van der Waals surface area contributed by atoms with Crippen LogP contribution in [0.4, 0.5) is 5.69 Å². The Kier molecular flexibility index (Phi) is 4.22. The van der Waals surface area contributed by atoms with Crippen LogP contribution in [0.25, 0.3) is 0 Å². The highest BCUT2D eigenvalue weighted by Crippen LogP contribution is 2.34. The average Bonchev–Trinajstić information content (AvgIpc) is 3.08. The molecule has 1 atom stereocenters. The number of ether oxygens (including phenoxy) is 2. The fourth-order valence-electron chi connectivity index (χ4n) is 2.42. The summed E-state index contributed by atoms with van der Waals surface area (Å²) >= 11 is 0. The third-order valence-electron chi connectivity index (χ3n) is 3.59. The molecule has 0 saturated heterocycles. The van der Waals surface area contributed by atoms with E-state index in [1.165, 1.54) is 7.11 Å². The third kappa shape index (κ3) is 3.15. The van der Waals surface area contributed by atoms with Gasteiger partial charge in [-0.1, -0.05) is 12.1 Å². The lowest BCUT2D eigenvalue weighted by Crippen LogP contribution is -2.48. The summed E-state index contributed by atoms with van der Waals surface area (Å²) in [6.07, 6.45) is 2.18. The number of fused-ring (bicyclic) bond motifs is 1. The zero-order valence-corrected chi connectivity index (χ0v) is 12.6. The highest BCUT2D eigenvalue weighted by molar-refractivity contribution is 6.01. The SMILES string of the molecule is COC(=O)CC1Oc2ccccc2N(CCn2cnnc2)C1=O. The van der Waals surface area contributed by atoms with Gasteiger partial charge in [-0.15, -0.1) is 10.2 Å². The first-order valence-electron chi connectivity index (χ1n) is 7.15. The fraction of sp³-hybridized carbons (Fsp3) is 0.333. The number of benzene rings is 1. The summed E-state index contributed by atoms with van der Waals surface area (Å²) in [5.41, 5.74) is 0.687. The van der Waals surface area contributed by atoms with E-state index < -0.39 is 12.1 Å². The Morgan fingerprint density at radius 3 is 2.74 bits per heavy atom. The maximum absolute atomic E-state index is 12.7. The van der Waals surface area contributed by atoms with Gasteiger partial charge in [-0.05, 0) is 12.1 Å². The van der Waals surface area contributed by atoms with E-state index in [-0.39, 0.29) is 12.3 Å². The Balaban J connectivity index is 1.82. The summed E-state index contributed by atoms with van der Waals surface area (Å²) in [7, 11) is 1.29. The van der Waals surface area contributed by atoms with Crippen LogP contribution in [0.2, 0.25) is 0 Å². The van der Waals surface area contributed by atoms with E-state index in [4.69, 9.17) is 4.74 Å². The number of anilines is 1.